The maximum atomic E-state index is 12.1. The van der Waals surface area contributed by atoms with E-state index in [2.05, 4.69) is 0 Å². The van der Waals surface area contributed by atoms with E-state index in [-0.39, 0.29) is 24.9 Å². The second-order valence-electron chi connectivity index (χ2n) is 4.76. The highest BCUT2D eigenvalue weighted by Crippen LogP contribution is 2.13. The van der Waals surface area contributed by atoms with Gasteiger partial charge in [0.05, 0.1) is 13.0 Å². The average Bonchev–Trinajstić information content (AvgIpc) is 2.38. The van der Waals surface area contributed by atoms with E-state index in [0.29, 0.717) is 6.61 Å². The van der Waals surface area contributed by atoms with Gasteiger partial charge in [0, 0.05) is 6.04 Å². The van der Waals surface area contributed by atoms with E-state index in [1.807, 2.05) is 31.2 Å². The normalized spacial score (nSPS) is 10.4. The van der Waals surface area contributed by atoms with Crippen LogP contribution in [0.4, 0.5) is 0 Å². The Kier molecular flexibility index (Phi) is 6.03. The minimum atomic E-state index is -1.00. The molecule has 0 aliphatic carbocycles. The van der Waals surface area contributed by atoms with E-state index in [9.17, 15) is 9.59 Å². The van der Waals surface area contributed by atoms with Crippen molar-refractivity contribution in [3.8, 4) is 5.75 Å². The fourth-order valence-corrected chi connectivity index (χ4v) is 1.85. The average molecular weight is 279 g/mol. The Morgan fingerprint density at radius 2 is 1.85 bits per heavy atom. The molecule has 1 rings (SSSR count). The third-order valence-corrected chi connectivity index (χ3v) is 2.84. The number of hydrogen-bond acceptors (Lipinski definition) is 3. The smallest absolute Gasteiger partial charge is 0.323 e. The number of hydrogen-bond donors (Lipinski definition) is 1. The fraction of sp³-hybridized carbons (Fsp3) is 0.467. The summed E-state index contributed by atoms with van der Waals surface area (Å²) in [5.41, 5.74) is 0.842. The molecular weight excluding hydrogens is 258 g/mol. The van der Waals surface area contributed by atoms with Crippen molar-refractivity contribution in [1.29, 1.82) is 0 Å². The Balaban J connectivity index is 2.69. The molecular formula is C15H21NO4. The monoisotopic (exact) mass is 279 g/mol. The molecule has 0 heterocycles. The van der Waals surface area contributed by atoms with Gasteiger partial charge in [-0.2, -0.15) is 0 Å². The first-order valence-electron chi connectivity index (χ1n) is 6.67. The molecule has 0 aliphatic heterocycles. The minimum absolute atomic E-state index is 0.138. The quantitative estimate of drug-likeness (QED) is 0.828. The lowest BCUT2D eigenvalue weighted by molar-refractivity contribution is -0.145. The van der Waals surface area contributed by atoms with Crippen molar-refractivity contribution in [2.24, 2.45) is 0 Å². The van der Waals surface area contributed by atoms with Gasteiger partial charge in [0.2, 0.25) is 5.91 Å². The molecule has 0 fully saturated rings. The van der Waals surface area contributed by atoms with Crippen LogP contribution in [0.1, 0.15) is 26.3 Å². The Hall–Kier alpha value is -2.04. The first kappa shape index (κ1) is 16.0. The molecule has 0 spiro atoms. The highest BCUT2D eigenvalue weighted by atomic mass is 16.5. The largest absolute Gasteiger partial charge is 0.494 e. The molecule has 1 amide bonds. The molecule has 1 aromatic carbocycles. The van der Waals surface area contributed by atoms with Gasteiger partial charge in [0.15, 0.2) is 0 Å². The van der Waals surface area contributed by atoms with Gasteiger partial charge in [-0.05, 0) is 38.5 Å². The summed E-state index contributed by atoms with van der Waals surface area (Å²) < 4.78 is 5.33. The predicted molar refractivity (Wildman–Crippen MR) is 75.8 cm³/mol. The van der Waals surface area contributed by atoms with E-state index in [4.69, 9.17) is 9.84 Å². The Bertz CT molecular complexity index is 453. The van der Waals surface area contributed by atoms with Crippen LogP contribution < -0.4 is 4.74 Å². The Morgan fingerprint density at radius 1 is 1.25 bits per heavy atom. The summed E-state index contributed by atoms with van der Waals surface area (Å²) >= 11 is 0. The first-order valence-corrected chi connectivity index (χ1v) is 6.67. The van der Waals surface area contributed by atoms with Gasteiger partial charge < -0.3 is 14.7 Å². The molecule has 5 nitrogen and oxygen atoms in total. The maximum Gasteiger partial charge on any atom is 0.323 e. The number of benzene rings is 1. The minimum Gasteiger partial charge on any atom is -0.494 e. The van der Waals surface area contributed by atoms with Crippen LogP contribution in [-0.4, -0.2) is 41.1 Å². The van der Waals surface area contributed by atoms with Crippen molar-refractivity contribution >= 4 is 11.9 Å². The Morgan fingerprint density at radius 3 is 2.30 bits per heavy atom. The summed E-state index contributed by atoms with van der Waals surface area (Å²) in [7, 11) is 0. The Labute approximate surface area is 119 Å². The van der Waals surface area contributed by atoms with Crippen LogP contribution >= 0.6 is 0 Å². The fourth-order valence-electron chi connectivity index (χ4n) is 1.85. The van der Waals surface area contributed by atoms with Crippen LogP contribution in [0.15, 0.2) is 24.3 Å². The molecule has 0 bridgehead atoms. The maximum absolute atomic E-state index is 12.1. The van der Waals surface area contributed by atoms with Crippen molar-refractivity contribution in [3.63, 3.8) is 0 Å². The van der Waals surface area contributed by atoms with Gasteiger partial charge in [-0.25, -0.2) is 0 Å². The van der Waals surface area contributed by atoms with Crippen molar-refractivity contribution in [2.45, 2.75) is 33.2 Å². The molecule has 0 aliphatic rings. The lowest BCUT2D eigenvalue weighted by atomic mass is 10.1. The van der Waals surface area contributed by atoms with Crippen LogP contribution in [0, 0.1) is 0 Å². The molecule has 110 valence electrons. The van der Waals surface area contributed by atoms with E-state index in [1.54, 1.807) is 13.8 Å². The number of carboxylic acid groups (broad SMARTS) is 1. The van der Waals surface area contributed by atoms with E-state index < -0.39 is 5.97 Å². The van der Waals surface area contributed by atoms with Crippen LogP contribution in [0.25, 0.3) is 0 Å². The van der Waals surface area contributed by atoms with Gasteiger partial charge in [-0.3, -0.25) is 9.59 Å². The number of carbonyl (C=O) groups is 2. The summed E-state index contributed by atoms with van der Waals surface area (Å²) in [5.74, 6) is -0.430. The first-order chi connectivity index (χ1) is 9.43. The lowest BCUT2D eigenvalue weighted by Crippen LogP contribution is -2.41. The van der Waals surface area contributed by atoms with E-state index in [1.165, 1.54) is 4.90 Å². The van der Waals surface area contributed by atoms with Crippen molar-refractivity contribution < 1.29 is 19.4 Å². The van der Waals surface area contributed by atoms with Gasteiger partial charge in [-0.15, -0.1) is 0 Å². The predicted octanol–water partition coefficient (Wildman–Crippen LogP) is 1.95. The lowest BCUT2D eigenvalue weighted by Gasteiger charge is -2.25. The van der Waals surface area contributed by atoms with Gasteiger partial charge in [-0.1, -0.05) is 12.1 Å². The molecule has 0 saturated carbocycles. The van der Waals surface area contributed by atoms with Crippen molar-refractivity contribution in [3.05, 3.63) is 29.8 Å². The molecule has 1 aromatic rings. The second-order valence-corrected chi connectivity index (χ2v) is 4.76. The summed E-state index contributed by atoms with van der Waals surface area (Å²) in [4.78, 5) is 24.3. The van der Waals surface area contributed by atoms with Gasteiger partial charge in [0.1, 0.15) is 12.3 Å². The summed E-state index contributed by atoms with van der Waals surface area (Å²) in [6.07, 6.45) is 0.192. The molecule has 0 radical (unpaired) electrons. The molecule has 0 unspecified atom stereocenters. The third kappa shape index (κ3) is 4.91. The number of carbonyl (C=O) groups excluding carboxylic acids is 1. The van der Waals surface area contributed by atoms with Gasteiger partial charge in [0.25, 0.3) is 0 Å². The highest BCUT2D eigenvalue weighted by Gasteiger charge is 2.19. The number of ether oxygens (including phenoxy) is 1. The van der Waals surface area contributed by atoms with Gasteiger partial charge >= 0.3 is 5.97 Å². The molecule has 0 atom stereocenters. The van der Waals surface area contributed by atoms with Crippen molar-refractivity contribution in [1.82, 2.24) is 4.90 Å². The zero-order chi connectivity index (χ0) is 15.1. The number of aliphatic carboxylic acids is 1. The van der Waals surface area contributed by atoms with Crippen LogP contribution in [0.2, 0.25) is 0 Å². The second kappa shape index (κ2) is 7.53. The van der Waals surface area contributed by atoms with Crippen LogP contribution in [0.5, 0.6) is 5.75 Å². The number of amides is 1. The highest BCUT2D eigenvalue weighted by molar-refractivity contribution is 5.83. The molecule has 20 heavy (non-hydrogen) atoms. The number of carboxylic acids is 1. The SMILES string of the molecule is CCOc1ccc(CC(=O)N(CC(=O)O)C(C)C)cc1. The number of rotatable bonds is 7. The zero-order valence-corrected chi connectivity index (χ0v) is 12.1. The third-order valence-electron chi connectivity index (χ3n) is 2.84. The topological polar surface area (TPSA) is 66.8 Å². The molecule has 1 N–H and O–H groups in total. The molecule has 0 saturated heterocycles. The van der Waals surface area contributed by atoms with Crippen LogP contribution in [-0.2, 0) is 16.0 Å². The summed E-state index contributed by atoms with van der Waals surface area (Å²) in [6, 6.07) is 7.12. The zero-order valence-electron chi connectivity index (χ0n) is 12.1. The number of nitrogens with zero attached hydrogens (tertiary/aromatic N) is 1. The van der Waals surface area contributed by atoms with Crippen molar-refractivity contribution in [2.75, 3.05) is 13.2 Å². The van der Waals surface area contributed by atoms with E-state index >= 15 is 0 Å². The standard InChI is InChI=1S/C15H21NO4/c1-4-20-13-7-5-12(6-8-13)9-14(17)16(11(2)3)10-15(18)19/h5-8,11H,4,9-10H2,1-3H3,(H,18,19). The van der Waals surface area contributed by atoms with Crippen LogP contribution in [0.3, 0.4) is 0 Å². The summed E-state index contributed by atoms with van der Waals surface area (Å²) in [6.45, 7) is 5.84. The molecule has 5 heteroatoms. The summed E-state index contributed by atoms with van der Waals surface area (Å²) in [5, 5.41) is 8.83. The van der Waals surface area contributed by atoms with E-state index in [0.717, 1.165) is 11.3 Å². The molecule has 0 aromatic heterocycles.